The molecule has 0 aliphatic heterocycles. The Morgan fingerprint density at radius 1 is 1.35 bits per heavy atom. The molecule has 3 rings (SSSR count). The van der Waals surface area contributed by atoms with Gasteiger partial charge in [0.2, 0.25) is 5.65 Å². The van der Waals surface area contributed by atoms with Crippen molar-refractivity contribution in [2.45, 2.75) is 13.3 Å². The number of nitrogens with zero attached hydrogens (tertiary/aromatic N) is 5. The molecule has 7 heteroatoms. The molecule has 98 valence electrons. The van der Waals surface area contributed by atoms with E-state index in [1.165, 1.54) is 0 Å². The van der Waals surface area contributed by atoms with Crippen LogP contribution in [0.15, 0.2) is 23.0 Å². The van der Waals surface area contributed by atoms with Gasteiger partial charge in [0.15, 0.2) is 5.52 Å². The molecule has 0 spiro atoms. The lowest BCUT2D eigenvalue weighted by Gasteiger charge is -2.08. The second-order valence-corrected chi connectivity index (χ2v) is 4.37. The minimum atomic E-state index is 0.382. The number of hydrogen-bond donors (Lipinski definition) is 1. The number of hydrogen-bond acceptors (Lipinski definition) is 7. The maximum absolute atomic E-state index is 8.73. The molecule has 2 N–H and O–H groups in total. The summed E-state index contributed by atoms with van der Waals surface area (Å²) in [5, 5.41) is 16.2. The van der Waals surface area contributed by atoms with Gasteiger partial charge >= 0.3 is 0 Å². The molecule has 0 bridgehead atoms. The molecule has 0 atom stereocenters. The maximum Gasteiger partial charge on any atom is 0.226 e. The number of aromatic nitrogens is 4. The Morgan fingerprint density at radius 2 is 2.20 bits per heavy atom. The minimum absolute atomic E-state index is 0.382. The van der Waals surface area contributed by atoms with Crippen molar-refractivity contribution in [1.29, 1.82) is 5.26 Å². The van der Waals surface area contributed by atoms with Crippen LogP contribution in [-0.4, -0.2) is 20.3 Å². The molecule has 0 aromatic carbocycles. The molecule has 0 radical (unpaired) electrons. The number of nitrogen functional groups attached to an aromatic ring is 1. The van der Waals surface area contributed by atoms with E-state index in [0.717, 1.165) is 16.8 Å². The van der Waals surface area contributed by atoms with Gasteiger partial charge in [0, 0.05) is 23.9 Å². The van der Waals surface area contributed by atoms with Crippen molar-refractivity contribution in [3.8, 4) is 6.07 Å². The van der Waals surface area contributed by atoms with Crippen LogP contribution in [-0.2, 0) is 6.42 Å². The van der Waals surface area contributed by atoms with Gasteiger partial charge in [0.1, 0.15) is 11.8 Å². The van der Waals surface area contributed by atoms with Gasteiger partial charge in [-0.25, -0.2) is 14.6 Å². The molecule has 3 aromatic rings. The Balaban J connectivity index is 2.03. The molecular formula is C13H10N6O. The summed E-state index contributed by atoms with van der Waals surface area (Å²) in [6.07, 6.45) is 2.22. The third-order valence-corrected chi connectivity index (χ3v) is 3.08. The minimum Gasteiger partial charge on any atom is -0.396 e. The molecule has 0 fully saturated rings. The number of rotatable bonds is 2. The zero-order valence-corrected chi connectivity index (χ0v) is 10.7. The maximum atomic E-state index is 8.73. The van der Waals surface area contributed by atoms with E-state index < -0.39 is 0 Å². The predicted molar refractivity (Wildman–Crippen MR) is 70.5 cm³/mol. The molecule has 0 unspecified atom stereocenters. The van der Waals surface area contributed by atoms with Crippen molar-refractivity contribution >= 4 is 16.9 Å². The van der Waals surface area contributed by atoms with Crippen molar-refractivity contribution in [3.05, 3.63) is 40.8 Å². The van der Waals surface area contributed by atoms with Crippen molar-refractivity contribution < 1.29 is 4.63 Å². The number of pyridine rings is 2. The van der Waals surface area contributed by atoms with E-state index in [0.29, 0.717) is 29.0 Å². The first-order chi connectivity index (χ1) is 9.69. The van der Waals surface area contributed by atoms with Crippen LogP contribution in [0.3, 0.4) is 0 Å². The molecule has 20 heavy (non-hydrogen) atoms. The van der Waals surface area contributed by atoms with E-state index in [2.05, 4.69) is 24.9 Å². The van der Waals surface area contributed by atoms with Crippen molar-refractivity contribution in [2.75, 3.05) is 5.73 Å². The zero-order chi connectivity index (χ0) is 14.1. The van der Waals surface area contributed by atoms with E-state index >= 15 is 0 Å². The first-order valence-electron chi connectivity index (χ1n) is 5.91. The monoisotopic (exact) mass is 266 g/mol. The highest BCUT2D eigenvalue weighted by Crippen LogP contribution is 2.25. The fourth-order valence-electron chi connectivity index (χ4n) is 2.01. The fraction of sp³-hybridized carbons (Fsp3) is 0.154. The standard InChI is InChI=1S/C13H10N6O/c1-7-10(4-8-2-3-9(5-14)16-6-8)11(15)12-13(17-7)19-20-18-12/h2-3,6H,4,15H2,1H3. The van der Waals surface area contributed by atoms with Crippen LogP contribution in [0.5, 0.6) is 0 Å². The lowest BCUT2D eigenvalue weighted by molar-refractivity contribution is 0.315. The van der Waals surface area contributed by atoms with E-state index in [-0.39, 0.29) is 0 Å². The summed E-state index contributed by atoms with van der Waals surface area (Å²) in [5.74, 6) is 0. The lowest BCUT2D eigenvalue weighted by atomic mass is 10.0. The van der Waals surface area contributed by atoms with Gasteiger partial charge in [-0.1, -0.05) is 6.07 Å². The van der Waals surface area contributed by atoms with Crippen LogP contribution >= 0.6 is 0 Å². The Kier molecular flexibility index (Phi) is 2.76. The second-order valence-electron chi connectivity index (χ2n) is 4.37. The summed E-state index contributed by atoms with van der Waals surface area (Å²) >= 11 is 0. The Hall–Kier alpha value is -3.01. The van der Waals surface area contributed by atoms with Crippen LogP contribution in [0.25, 0.3) is 11.2 Å². The lowest BCUT2D eigenvalue weighted by Crippen LogP contribution is -2.03. The van der Waals surface area contributed by atoms with Gasteiger partial charge in [-0.3, -0.25) is 0 Å². The molecule has 3 aromatic heterocycles. The van der Waals surface area contributed by atoms with Gasteiger partial charge in [-0.2, -0.15) is 5.26 Å². The summed E-state index contributed by atoms with van der Waals surface area (Å²) in [6.45, 7) is 1.86. The average Bonchev–Trinajstić information content (AvgIpc) is 2.92. The van der Waals surface area contributed by atoms with Gasteiger partial charge in [-0.05, 0) is 28.9 Å². The highest BCUT2D eigenvalue weighted by molar-refractivity contribution is 5.85. The Morgan fingerprint density at radius 3 is 2.90 bits per heavy atom. The molecule has 7 nitrogen and oxygen atoms in total. The predicted octanol–water partition coefficient (Wildman–Crippen LogP) is 1.37. The highest BCUT2D eigenvalue weighted by atomic mass is 16.6. The number of fused-ring (bicyclic) bond motifs is 1. The first-order valence-corrected chi connectivity index (χ1v) is 5.91. The van der Waals surface area contributed by atoms with E-state index in [1.54, 1.807) is 12.3 Å². The molecule has 0 saturated heterocycles. The molecule has 3 heterocycles. The van der Waals surface area contributed by atoms with Gasteiger partial charge in [0.05, 0.1) is 5.69 Å². The fourth-order valence-corrected chi connectivity index (χ4v) is 2.01. The van der Waals surface area contributed by atoms with Gasteiger partial charge in [-0.15, -0.1) is 0 Å². The summed E-state index contributed by atoms with van der Waals surface area (Å²) in [4.78, 5) is 8.34. The van der Waals surface area contributed by atoms with E-state index in [4.69, 9.17) is 11.0 Å². The van der Waals surface area contributed by atoms with Gasteiger partial charge < -0.3 is 5.73 Å². The first kappa shape index (κ1) is 12.0. The molecule has 0 amide bonds. The van der Waals surface area contributed by atoms with Crippen LogP contribution in [0.1, 0.15) is 22.5 Å². The number of aryl methyl sites for hydroxylation is 1. The summed E-state index contributed by atoms with van der Waals surface area (Å²) < 4.78 is 4.65. The SMILES string of the molecule is Cc1nc2nonc2c(N)c1Cc1ccc(C#N)nc1. The van der Waals surface area contributed by atoms with Gasteiger partial charge in [0.25, 0.3) is 0 Å². The van der Waals surface area contributed by atoms with Crippen molar-refractivity contribution in [2.24, 2.45) is 0 Å². The smallest absolute Gasteiger partial charge is 0.226 e. The summed E-state index contributed by atoms with van der Waals surface area (Å²) in [6, 6.07) is 5.50. The van der Waals surface area contributed by atoms with E-state index in [9.17, 15) is 0 Å². The van der Waals surface area contributed by atoms with E-state index in [1.807, 2.05) is 19.1 Å². The normalized spacial score (nSPS) is 10.6. The summed E-state index contributed by atoms with van der Waals surface area (Å²) in [7, 11) is 0. The third-order valence-electron chi connectivity index (χ3n) is 3.08. The van der Waals surface area contributed by atoms with Crippen LogP contribution in [0, 0.1) is 18.3 Å². The number of nitrogens with two attached hydrogens (primary N) is 1. The van der Waals surface area contributed by atoms with Crippen LogP contribution < -0.4 is 5.73 Å². The average molecular weight is 266 g/mol. The van der Waals surface area contributed by atoms with Crippen molar-refractivity contribution in [3.63, 3.8) is 0 Å². The number of nitriles is 1. The molecular weight excluding hydrogens is 256 g/mol. The van der Waals surface area contributed by atoms with Crippen molar-refractivity contribution in [1.82, 2.24) is 20.3 Å². The second kappa shape index (κ2) is 4.59. The highest BCUT2D eigenvalue weighted by Gasteiger charge is 2.14. The Bertz CT molecular complexity index is 815. The zero-order valence-electron chi connectivity index (χ0n) is 10.7. The molecule has 0 aliphatic rings. The molecule has 0 saturated carbocycles. The quantitative estimate of drug-likeness (QED) is 0.744. The largest absolute Gasteiger partial charge is 0.396 e. The van der Waals surface area contributed by atoms with Crippen LogP contribution in [0.2, 0.25) is 0 Å². The molecule has 0 aliphatic carbocycles. The summed E-state index contributed by atoms with van der Waals surface area (Å²) in [5.41, 5.74) is 10.4. The Labute approximate surface area is 114 Å². The topological polar surface area (TPSA) is 115 Å². The number of anilines is 1. The van der Waals surface area contributed by atoms with Crippen LogP contribution in [0.4, 0.5) is 5.69 Å². The third kappa shape index (κ3) is 1.93.